The average Bonchev–Trinajstić information content (AvgIpc) is 2.54. The number of nitrogens with zero attached hydrogens (tertiary/aromatic N) is 1. The lowest BCUT2D eigenvalue weighted by molar-refractivity contribution is -0.0786. The van der Waals surface area contributed by atoms with Crippen molar-refractivity contribution in [2.45, 2.75) is 44.9 Å². The maximum Gasteiger partial charge on any atom is 0.407 e. The highest BCUT2D eigenvalue weighted by Gasteiger charge is 2.51. The Hall–Kier alpha value is -0.950. The van der Waals surface area contributed by atoms with Crippen molar-refractivity contribution in [3.8, 4) is 0 Å². The van der Waals surface area contributed by atoms with Gasteiger partial charge in [-0.25, -0.2) is 13.6 Å². The quantitative estimate of drug-likeness (QED) is 0.828. The summed E-state index contributed by atoms with van der Waals surface area (Å²) in [6.07, 6.45) is -2.23. The van der Waals surface area contributed by atoms with Crippen LogP contribution in [0.5, 0.6) is 0 Å². The highest BCUT2D eigenvalue weighted by atomic mass is 19.3. The van der Waals surface area contributed by atoms with Crippen LogP contribution >= 0.6 is 0 Å². The Morgan fingerprint density at radius 3 is 2.58 bits per heavy atom. The Labute approximate surface area is 112 Å². The van der Waals surface area contributed by atoms with Crippen molar-refractivity contribution in [1.29, 1.82) is 0 Å². The van der Waals surface area contributed by atoms with E-state index in [1.807, 2.05) is 13.8 Å². The summed E-state index contributed by atoms with van der Waals surface area (Å²) in [5, 5.41) is 2.45. The average molecular weight is 280 g/mol. The Morgan fingerprint density at radius 2 is 2.11 bits per heavy atom. The zero-order chi connectivity index (χ0) is 14.6. The summed E-state index contributed by atoms with van der Waals surface area (Å²) in [5.74, 6) is -3.01. The standard InChI is InChI=1S/C12H22F2N2O3/c1-8(2)16-5-10(12(13,14)7-16)19-11(17)15-9(3)6-18-4/h8-10H,5-7H2,1-4H3,(H,15,17)/t9-,10-/m0/s1. The van der Waals surface area contributed by atoms with Gasteiger partial charge < -0.3 is 14.8 Å². The second-order valence-electron chi connectivity index (χ2n) is 5.18. The predicted molar refractivity (Wildman–Crippen MR) is 66.4 cm³/mol. The zero-order valence-corrected chi connectivity index (χ0v) is 11.8. The number of alkyl carbamates (subject to hydrolysis) is 1. The molecule has 0 radical (unpaired) electrons. The number of rotatable bonds is 5. The van der Waals surface area contributed by atoms with Gasteiger partial charge >= 0.3 is 6.09 Å². The number of hydrogen-bond donors (Lipinski definition) is 1. The summed E-state index contributed by atoms with van der Waals surface area (Å²) in [6, 6.07) is -0.288. The van der Waals surface area contributed by atoms with E-state index in [4.69, 9.17) is 9.47 Å². The maximum absolute atomic E-state index is 13.7. The molecule has 1 N–H and O–H groups in total. The van der Waals surface area contributed by atoms with Crippen LogP contribution in [0.15, 0.2) is 0 Å². The molecule has 0 spiro atoms. The van der Waals surface area contributed by atoms with Crippen molar-refractivity contribution in [3.63, 3.8) is 0 Å². The van der Waals surface area contributed by atoms with Gasteiger partial charge in [0, 0.05) is 19.7 Å². The van der Waals surface area contributed by atoms with E-state index in [0.717, 1.165) is 0 Å². The molecule has 1 amide bonds. The van der Waals surface area contributed by atoms with Crippen molar-refractivity contribution in [2.75, 3.05) is 26.8 Å². The number of hydrogen-bond acceptors (Lipinski definition) is 4. The van der Waals surface area contributed by atoms with Gasteiger partial charge in [0.05, 0.1) is 19.2 Å². The molecule has 0 saturated carbocycles. The molecule has 1 heterocycles. The van der Waals surface area contributed by atoms with Crippen LogP contribution in [0.2, 0.25) is 0 Å². The summed E-state index contributed by atoms with van der Waals surface area (Å²) in [6.45, 7) is 5.34. The third-order valence-corrected chi connectivity index (χ3v) is 3.05. The van der Waals surface area contributed by atoms with Gasteiger partial charge in [-0.3, -0.25) is 4.90 Å². The summed E-state index contributed by atoms with van der Waals surface area (Å²) >= 11 is 0. The monoisotopic (exact) mass is 280 g/mol. The summed E-state index contributed by atoms with van der Waals surface area (Å²) in [5.41, 5.74) is 0. The highest BCUT2D eigenvalue weighted by molar-refractivity contribution is 5.67. The fraction of sp³-hybridized carbons (Fsp3) is 0.917. The number of likely N-dealkylation sites (tertiary alicyclic amines) is 1. The molecular weight excluding hydrogens is 258 g/mol. The Kier molecular flexibility index (Phi) is 5.49. The van der Waals surface area contributed by atoms with Gasteiger partial charge in [-0.2, -0.15) is 0 Å². The first kappa shape index (κ1) is 16.1. The molecule has 1 aliphatic heterocycles. The van der Waals surface area contributed by atoms with E-state index < -0.39 is 18.1 Å². The molecular formula is C12H22F2N2O3. The second-order valence-corrected chi connectivity index (χ2v) is 5.18. The number of carbonyl (C=O) groups excluding carboxylic acids is 1. The highest BCUT2D eigenvalue weighted by Crippen LogP contribution is 2.31. The normalized spacial score (nSPS) is 24.5. The van der Waals surface area contributed by atoms with Crippen LogP contribution in [-0.2, 0) is 9.47 Å². The molecule has 1 rings (SSSR count). The molecule has 0 aliphatic carbocycles. The number of nitrogens with one attached hydrogen (secondary N) is 1. The van der Waals surface area contributed by atoms with Crippen LogP contribution in [0.25, 0.3) is 0 Å². The molecule has 112 valence electrons. The molecule has 0 bridgehead atoms. The first-order valence-electron chi connectivity index (χ1n) is 6.34. The van der Waals surface area contributed by atoms with Crippen LogP contribution in [0, 0.1) is 0 Å². The molecule has 0 aromatic rings. The lowest BCUT2D eigenvalue weighted by Gasteiger charge is -2.20. The predicted octanol–water partition coefficient (Wildman–Crippen LogP) is 1.48. The second kappa shape index (κ2) is 6.47. The largest absolute Gasteiger partial charge is 0.438 e. The summed E-state index contributed by atoms with van der Waals surface area (Å²) in [7, 11) is 1.50. The zero-order valence-electron chi connectivity index (χ0n) is 11.8. The number of carbonyl (C=O) groups is 1. The molecule has 7 heteroatoms. The van der Waals surface area contributed by atoms with Crippen LogP contribution in [0.4, 0.5) is 13.6 Å². The SMILES string of the molecule is COC[C@H](C)NC(=O)O[C@H]1CN(C(C)C)CC1(F)F. The fourth-order valence-corrected chi connectivity index (χ4v) is 1.96. The number of ether oxygens (including phenoxy) is 2. The lowest BCUT2D eigenvalue weighted by Crippen LogP contribution is -2.42. The van der Waals surface area contributed by atoms with Gasteiger partial charge in [0.2, 0.25) is 0 Å². The van der Waals surface area contributed by atoms with E-state index in [1.54, 1.807) is 11.8 Å². The minimum Gasteiger partial charge on any atom is -0.438 e. The van der Waals surface area contributed by atoms with Gasteiger partial charge in [-0.05, 0) is 20.8 Å². The number of methoxy groups -OCH3 is 1. The van der Waals surface area contributed by atoms with Crippen molar-refractivity contribution < 1.29 is 23.0 Å². The lowest BCUT2D eigenvalue weighted by atomic mass is 10.2. The van der Waals surface area contributed by atoms with E-state index in [1.165, 1.54) is 7.11 Å². The topological polar surface area (TPSA) is 50.8 Å². The summed E-state index contributed by atoms with van der Waals surface area (Å²) in [4.78, 5) is 13.1. The Morgan fingerprint density at radius 1 is 1.47 bits per heavy atom. The number of amides is 1. The molecule has 2 atom stereocenters. The fourth-order valence-electron chi connectivity index (χ4n) is 1.96. The summed E-state index contributed by atoms with van der Waals surface area (Å²) < 4.78 is 37.1. The number of alkyl halides is 2. The minimum atomic E-state index is -3.01. The maximum atomic E-state index is 13.7. The molecule has 19 heavy (non-hydrogen) atoms. The third kappa shape index (κ3) is 4.58. The van der Waals surface area contributed by atoms with Gasteiger partial charge in [0.25, 0.3) is 5.92 Å². The van der Waals surface area contributed by atoms with Crippen LogP contribution in [0.3, 0.4) is 0 Å². The minimum absolute atomic E-state index is 0.00467. The molecule has 1 aliphatic rings. The smallest absolute Gasteiger partial charge is 0.407 e. The first-order chi connectivity index (χ1) is 8.76. The van der Waals surface area contributed by atoms with Crippen molar-refractivity contribution in [1.82, 2.24) is 10.2 Å². The van der Waals surface area contributed by atoms with E-state index >= 15 is 0 Å². The Bertz CT molecular complexity index is 313. The van der Waals surface area contributed by atoms with Crippen molar-refractivity contribution in [2.24, 2.45) is 0 Å². The van der Waals surface area contributed by atoms with Crippen molar-refractivity contribution in [3.05, 3.63) is 0 Å². The van der Waals surface area contributed by atoms with Gasteiger partial charge in [-0.15, -0.1) is 0 Å². The van der Waals surface area contributed by atoms with Crippen LogP contribution in [-0.4, -0.2) is 61.9 Å². The van der Waals surface area contributed by atoms with Gasteiger partial charge in [-0.1, -0.05) is 0 Å². The van der Waals surface area contributed by atoms with Crippen LogP contribution in [0.1, 0.15) is 20.8 Å². The molecule has 0 aromatic carbocycles. The third-order valence-electron chi connectivity index (χ3n) is 3.05. The molecule has 1 saturated heterocycles. The number of halogens is 2. The molecule has 0 unspecified atom stereocenters. The van der Waals surface area contributed by atoms with E-state index in [9.17, 15) is 13.6 Å². The van der Waals surface area contributed by atoms with Gasteiger partial charge in [0.1, 0.15) is 0 Å². The van der Waals surface area contributed by atoms with E-state index in [-0.39, 0.29) is 25.2 Å². The van der Waals surface area contributed by atoms with Crippen molar-refractivity contribution >= 4 is 6.09 Å². The first-order valence-corrected chi connectivity index (χ1v) is 6.34. The Balaban J connectivity index is 2.49. The molecule has 5 nitrogen and oxygen atoms in total. The van der Waals surface area contributed by atoms with E-state index in [0.29, 0.717) is 6.61 Å². The molecule has 0 aromatic heterocycles. The molecule has 1 fully saturated rings. The van der Waals surface area contributed by atoms with E-state index in [2.05, 4.69) is 5.32 Å². The van der Waals surface area contributed by atoms with Crippen LogP contribution < -0.4 is 5.32 Å². The van der Waals surface area contributed by atoms with Gasteiger partial charge in [0.15, 0.2) is 6.10 Å².